The van der Waals surface area contributed by atoms with Gasteiger partial charge in [0.15, 0.2) is 6.61 Å². The molecule has 0 saturated heterocycles. The molecule has 0 aliphatic heterocycles. The lowest BCUT2D eigenvalue weighted by molar-refractivity contribution is -0.123. The number of amides is 1. The van der Waals surface area contributed by atoms with Gasteiger partial charge >= 0.3 is 6.61 Å². The number of rotatable bonds is 7. The van der Waals surface area contributed by atoms with E-state index >= 15 is 0 Å². The lowest BCUT2D eigenvalue weighted by Gasteiger charge is -2.11. The molecule has 1 N–H and O–H groups in total. The van der Waals surface area contributed by atoms with Gasteiger partial charge in [0, 0.05) is 5.56 Å². The minimum absolute atomic E-state index is 0.00960. The molecule has 0 heterocycles. The van der Waals surface area contributed by atoms with E-state index < -0.39 is 12.5 Å². The highest BCUT2D eigenvalue weighted by Crippen LogP contribution is 2.21. The Morgan fingerprint density at radius 2 is 1.88 bits per heavy atom. The molecule has 138 valence electrons. The van der Waals surface area contributed by atoms with Crippen LogP contribution in [0.3, 0.4) is 0 Å². The zero-order valence-electron chi connectivity index (χ0n) is 14.8. The van der Waals surface area contributed by atoms with E-state index in [9.17, 15) is 13.6 Å². The number of nitrogens with one attached hydrogen (secondary N) is 1. The monoisotopic (exact) mass is 362 g/mol. The molecule has 2 aromatic carbocycles. The number of ether oxygens (including phenoxy) is 2. The van der Waals surface area contributed by atoms with Crippen LogP contribution in [-0.2, 0) is 4.79 Å². The number of halogens is 2. The minimum Gasteiger partial charge on any atom is -0.483 e. The Kier molecular flexibility index (Phi) is 6.66. The van der Waals surface area contributed by atoms with Gasteiger partial charge in [0.2, 0.25) is 0 Å². The van der Waals surface area contributed by atoms with Crippen molar-refractivity contribution in [1.82, 2.24) is 5.43 Å². The molecule has 2 rings (SSSR count). The second-order valence-corrected chi connectivity index (χ2v) is 5.66. The van der Waals surface area contributed by atoms with E-state index in [4.69, 9.17) is 4.74 Å². The smallest absolute Gasteiger partial charge is 0.387 e. The van der Waals surface area contributed by atoms with Crippen LogP contribution in [0.1, 0.15) is 23.6 Å². The summed E-state index contributed by atoms with van der Waals surface area (Å²) in [6.07, 6.45) is 0. The van der Waals surface area contributed by atoms with Crippen LogP contribution in [0.15, 0.2) is 47.6 Å². The van der Waals surface area contributed by atoms with Crippen LogP contribution in [0, 0.1) is 13.8 Å². The summed E-state index contributed by atoms with van der Waals surface area (Å²) in [5.41, 5.74) is 4.99. The van der Waals surface area contributed by atoms with Crippen molar-refractivity contribution in [3.8, 4) is 11.5 Å². The molecule has 0 fully saturated rings. The van der Waals surface area contributed by atoms with Gasteiger partial charge in [0.25, 0.3) is 5.91 Å². The topological polar surface area (TPSA) is 59.9 Å². The van der Waals surface area contributed by atoms with Crippen LogP contribution in [0.5, 0.6) is 11.5 Å². The second kappa shape index (κ2) is 8.94. The zero-order chi connectivity index (χ0) is 19.1. The minimum atomic E-state index is -2.94. The van der Waals surface area contributed by atoms with Gasteiger partial charge in [-0.3, -0.25) is 4.79 Å². The first-order valence-electron chi connectivity index (χ1n) is 7.94. The maximum absolute atomic E-state index is 12.5. The fourth-order valence-corrected chi connectivity index (χ4v) is 2.21. The zero-order valence-corrected chi connectivity index (χ0v) is 14.8. The average Bonchev–Trinajstić information content (AvgIpc) is 2.60. The molecular weight excluding hydrogens is 342 g/mol. The number of carbonyl (C=O) groups is 1. The first kappa shape index (κ1) is 19.4. The highest BCUT2D eigenvalue weighted by atomic mass is 19.3. The second-order valence-electron chi connectivity index (χ2n) is 5.66. The van der Waals surface area contributed by atoms with Crippen LogP contribution >= 0.6 is 0 Å². The molecule has 2 aromatic rings. The van der Waals surface area contributed by atoms with Crippen molar-refractivity contribution in [2.45, 2.75) is 27.4 Å². The van der Waals surface area contributed by atoms with Crippen LogP contribution in [0.25, 0.3) is 0 Å². The number of hydrazone groups is 1. The van der Waals surface area contributed by atoms with Crippen molar-refractivity contribution in [3.05, 3.63) is 59.2 Å². The molecule has 5 nitrogen and oxygen atoms in total. The number of aryl methyl sites for hydroxylation is 2. The number of benzene rings is 2. The molecule has 0 atom stereocenters. The van der Waals surface area contributed by atoms with Crippen molar-refractivity contribution < 1.29 is 23.0 Å². The molecule has 26 heavy (non-hydrogen) atoms. The summed E-state index contributed by atoms with van der Waals surface area (Å²) >= 11 is 0. The maximum atomic E-state index is 12.5. The van der Waals surface area contributed by atoms with Crippen molar-refractivity contribution in [2.75, 3.05) is 6.61 Å². The Morgan fingerprint density at radius 1 is 1.15 bits per heavy atom. The molecule has 7 heteroatoms. The Hall–Kier alpha value is -2.96. The first-order chi connectivity index (χ1) is 12.4. The molecule has 0 aliphatic carbocycles. The summed E-state index contributed by atoms with van der Waals surface area (Å²) in [4.78, 5) is 11.9. The summed E-state index contributed by atoms with van der Waals surface area (Å²) < 4.78 is 34.8. The van der Waals surface area contributed by atoms with Crippen molar-refractivity contribution >= 4 is 11.6 Å². The summed E-state index contributed by atoms with van der Waals surface area (Å²) in [7, 11) is 0. The summed E-state index contributed by atoms with van der Waals surface area (Å²) in [5, 5.41) is 3.93. The third kappa shape index (κ3) is 5.54. The molecule has 0 aromatic heterocycles. The largest absolute Gasteiger partial charge is 0.483 e. The van der Waals surface area contributed by atoms with E-state index in [0.29, 0.717) is 17.0 Å². The number of hydrogen-bond acceptors (Lipinski definition) is 4. The summed E-state index contributed by atoms with van der Waals surface area (Å²) in [5.74, 6) is 0.152. The SMILES string of the molecule is C/C(=N\NC(=O)COc1cc(C)ccc1C)c1ccccc1OC(F)F. The van der Waals surface area contributed by atoms with E-state index in [2.05, 4.69) is 15.3 Å². The van der Waals surface area contributed by atoms with Gasteiger partial charge in [-0.2, -0.15) is 13.9 Å². The maximum Gasteiger partial charge on any atom is 0.387 e. The van der Waals surface area contributed by atoms with Gasteiger partial charge in [-0.1, -0.05) is 24.3 Å². The van der Waals surface area contributed by atoms with E-state index in [1.807, 2.05) is 32.0 Å². The molecule has 0 spiro atoms. The highest BCUT2D eigenvalue weighted by Gasteiger charge is 2.11. The van der Waals surface area contributed by atoms with Crippen LogP contribution in [0.4, 0.5) is 8.78 Å². The first-order valence-corrected chi connectivity index (χ1v) is 7.94. The average molecular weight is 362 g/mol. The molecule has 1 amide bonds. The molecule has 0 saturated carbocycles. The molecule has 0 unspecified atom stereocenters. The Labute approximate surface area is 150 Å². The van der Waals surface area contributed by atoms with Gasteiger partial charge in [-0.15, -0.1) is 0 Å². The predicted molar refractivity (Wildman–Crippen MR) is 94.8 cm³/mol. The Balaban J connectivity index is 1.98. The van der Waals surface area contributed by atoms with Crippen LogP contribution < -0.4 is 14.9 Å². The fourth-order valence-electron chi connectivity index (χ4n) is 2.21. The van der Waals surface area contributed by atoms with Gasteiger partial charge in [0.05, 0.1) is 5.71 Å². The predicted octanol–water partition coefficient (Wildman–Crippen LogP) is 3.82. The van der Waals surface area contributed by atoms with E-state index in [0.717, 1.165) is 11.1 Å². The molecule has 0 bridgehead atoms. The number of carbonyl (C=O) groups excluding carboxylic acids is 1. The van der Waals surface area contributed by atoms with Crippen molar-refractivity contribution in [1.29, 1.82) is 0 Å². The molecule has 0 aliphatic rings. The standard InChI is InChI=1S/C19H20F2N2O3/c1-12-8-9-13(2)17(10-12)25-11-18(24)23-22-14(3)15-6-4-5-7-16(15)26-19(20)21/h4-10,19H,11H2,1-3H3,(H,23,24)/b22-14+. The Morgan fingerprint density at radius 3 is 2.62 bits per heavy atom. The van der Waals surface area contributed by atoms with E-state index in [1.165, 1.54) is 6.07 Å². The summed E-state index contributed by atoms with van der Waals surface area (Å²) in [6.45, 7) is 2.24. The van der Waals surface area contributed by atoms with Gasteiger partial charge in [-0.25, -0.2) is 5.43 Å². The fraction of sp³-hybridized carbons (Fsp3) is 0.263. The van der Waals surface area contributed by atoms with E-state index in [-0.39, 0.29) is 12.4 Å². The molecule has 0 radical (unpaired) electrons. The third-order valence-electron chi connectivity index (χ3n) is 3.54. The van der Waals surface area contributed by atoms with Gasteiger partial charge in [-0.05, 0) is 50.1 Å². The Bertz CT molecular complexity index is 807. The lowest BCUT2D eigenvalue weighted by Crippen LogP contribution is -2.26. The van der Waals surface area contributed by atoms with Crippen molar-refractivity contribution in [3.63, 3.8) is 0 Å². The molecular formula is C19H20F2N2O3. The number of hydrogen-bond donors (Lipinski definition) is 1. The lowest BCUT2D eigenvalue weighted by atomic mass is 10.1. The van der Waals surface area contributed by atoms with Gasteiger partial charge < -0.3 is 9.47 Å². The van der Waals surface area contributed by atoms with Crippen LogP contribution in [0.2, 0.25) is 0 Å². The highest BCUT2D eigenvalue weighted by molar-refractivity contribution is 6.01. The van der Waals surface area contributed by atoms with Crippen molar-refractivity contribution in [2.24, 2.45) is 5.10 Å². The number of nitrogens with zero attached hydrogens (tertiary/aromatic N) is 1. The third-order valence-corrected chi connectivity index (χ3v) is 3.54. The summed E-state index contributed by atoms with van der Waals surface area (Å²) in [6, 6.07) is 11.9. The van der Waals surface area contributed by atoms with Gasteiger partial charge in [0.1, 0.15) is 11.5 Å². The quantitative estimate of drug-likeness (QED) is 0.602. The van der Waals surface area contributed by atoms with Crippen LogP contribution in [-0.4, -0.2) is 24.8 Å². The number of para-hydroxylation sites is 1. The number of alkyl halides is 2. The normalized spacial score (nSPS) is 11.4. The van der Waals surface area contributed by atoms with E-state index in [1.54, 1.807) is 25.1 Å².